The van der Waals surface area contributed by atoms with Gasteiger partial charge in [-0.3, -0.25) is 4.90 Å². The van der Waals surface area contributed by atoms with Gasteiger partial charge in [-0.05, 0) is 44.2 Å². The number of aryl methyl sites for hydroxylation is 1. The van der Waals surface area contributed by atoms with Gasteiger partial charge in [0.2, 0.25) is 0 Å². The van der Waals surface area contributed by atoms with E-state index in [0.29, 0.717) is 23.7 Å². The van der Waals surface area contributed by atoms with Gasteiger partial charge in [-0.2, -0.15) is 0 Å². The Morgan fingerprint density at radius 2 is 2.12 bits per heavy atom. The number of hydrogen-bond acceptors (Lipinski definition) is 2. The highest BCUT2D eigenvalue weighted by Crippen LogP contribution is 2.22. The van der Waals surface area contributed by atoms with Crippen molar-refractivity contribution in [3.63, 3.8) is 0 Å². The average molecular weight is 245 g/mol. The number of nitrogens with two attached hydrogens (primary N) is 1. The van der Waals surface area contributed by atoms with Gasteiger partial charge >= 0.3 is 0 Å². The van der Waals surface area contributed by atoms with Gasteiger partial charge in [0, 0.05) is 24.2 Å². The Morgan fingerprint density at radius 3 is 2.69 bits per heavy atom. The molecule has 1 rings (SSSR count). The Labute approximate surface area is 101 Å². The lowest BCUT2D eigenvalue weighted by molar-refractivity contribution is 0.254. The van der Waals surface area contributed by atoms with E-state index < -0.39 is 0 Å². The smallest absolute Gasteiger partial charge is 0.126 e. The molecule has 0 aliphatic heterocycles. The standard InChI is InChI=1S/C12H18ClFN2/c1-8-4-11(13)10(5-12(8)14)7-16(3)9(2)6-15/h4-5,9H,6-7,15H2,1-3H3. The molecule has 90 valence electrons. The van der Waals surface area contributed by atoms with Gasteiger partial charge in [-0.1, -0.05) is 11.6 Å². The molecule has 1 aromatic rings. The Bertz CT molecular complexity index is 368. The van der Waals surface area contributed by atoms with E-state index in [0.717, 1.165) is 5.56 Å². The van der Waals surface area contributed by atoms with Gasteiger partial charge < -0.3 is 5.73 Å². The molecule has 0 saturated heterocycles. The summed E-state index contributed by atoms with van der Waals surface area (Å²) in [5.41, 5.74) is 6.94. The third-order valence-corrected chi connectivity index (χ3v) is 3.19. The fraction of sp³-hybridized carbons (Fsp3) is 0.500. The molecule has 4 heteroatoms. The molecule has 2 N–H and O–H groups in total. The number of benzene rings is 1. The second-order valence-corrected chi connectivity index (χ2v) is 4.60. The van der Waals surface area contributed by atoms with Crippen LogP contribution < -0.4 is 5.73 Å². The summed E-state index contributed by atoms with van der Waals surface area (Å²) >= 11 is 6.07. The first-order chi connectivity index (χ1) is 7.45. The van der Waals surface area contributed by atoms with Crippen molar-refractivity contribution < 1.29 is 4.39 Å². The molecule has 0 saturated carbocycles. The van der Waals surface area contributed by atoms with E-state index in [2.05, 4.69) is 4.90 Å². The number of rotatable bonds is 4. The van der Waals surface area contributed by atoms with Crippen molar-refractivity contribution in [2.75, 3.05) is 13.6 Å². The van der Waals surface area contributed by atoms with Crippen LogP contribution in [0.2, 0.25) is 5.02 Å². The average Bonchev–Trinajstić information content (AvgIpc) is 2.24. The summed E-state index contributed by atoms with van der Waals surface area (Å²) in [4.78, 5) is 2.05. The fourth-order valence-electron chi connectivity index (χ4n) is 1.41. The van der Waals surface area contributed by atoms with Crippen LogP contribution in [0.1, 0.15) is 18.1 Å². The topological polar surface area (TPSA) is 29.3 Å². The first kappa shape index (κ1) is 13.4. The number of nitrogens with zero attached hydrogens (tertiary/aromatic N) is 1. The zero-order chi connectivity index (χ0) is 12.3. The van der Waals surface area contributed by atoms with Crippen molar-refractivity contribution in [2.24, 2.45) is 5.73 Å². The van der Waals surface area contributed by atoms with Crippen LogP contribution in [0.15, 0.2) is 12.1 Å². The van der Waals surface area contributed by atoms with Crippen LogP contribution in [0, 0.1) is 12.7 Å². The molecule has 2 nitrogen and oxygen atoms in total. The highest BCUT2D eigenvalue weighted by Gasteiger charge is 2.11. The van der Waals surface area contributed by atoms with Crippen molar-refractivity contribution in [1.82, 2.24) is 4.90 Å². The molecular weight excluding hydrogens is 227 g/mol. The number of halogens is 2. The lowest BCUT2D eigenvalue weighted by atomic mass is 10.1. The largest absolute Gasteiger partial charge is 0.329 e. The molecule has 0 spiro atoms. The molecule has 16 heavy (non-hydrogen) atoms. The van der Waals surface area contributed by atoms with E-state index in [1.807, 2.05) is 14.0 Å². The highest BCUT2D eigenvalue weighted by molar-refractivity contribution is 6.31. The van der Waals surface area contributed by atoms with Crippen molar-refractivity contribution in [3.05, 3.63) is 34.1 Å². The van der Waals surface area contributed by atoms with E-state index in [9.17, 15) is 4.39 Å². The predicted molar refractivity (Wildman–Crippen MR) is 66.1 cm³/mol. The normalized spacial score (nSPS) is 13.2. The minimum Gasteiger partial charge on any atom is -0.329 e. The number of likely N-dealkylation sites (N-methyl/N-ethyl adjacent to an activating group) is 1. The van der Waals surface area contributed by atoms with E-state index in [1.54, 1.807) is 13.0 Å². The molecule has 1 unspecified atom stereocenters. The predicted octanol–water partition coefficient (Wildman–Crippen LogP) is 2.57. The summed E-state index contributed by atoms with van der Waals surface area (Å²) in [7, 11) is 1.95. The first-order valence-corrected chi connectivity index (χ1v) is 5.68. The molecular formula is C12H18ClFN2. The zero-order valence-electron chi connectivity index (χ0n) is 9.93. The lowest BCUT2D eigenvalue weighted by Crippen LogP contribution is -2.34. The highest BCUT2D eigenvalue weighted by atomic mass is 35.5. The van der Waals surface area contributed by atoms with Crippen LogP contribution in [0.3, 0.4) is 0 Å². The Kier molecular flexibility index (Phi) is 4.71. The minimum absolute atomic E-state index is 0.215. The summed E-state index contributed by atoms with van der Waals surface area (Å²) < 4.78 is 13.4. The molecule has 0 heterocycles. The van der Waals surface area contributed by atoms with E-state index in [4.69, 9.17) is 17.3 Å². The zero-order valence-corrected chi connectivity index (χ0v) is 10.7. The van der Waals surface area contributed by atoms with Gasteiger partial charge in [0.15, 0.2) is 0 Å². The van der Waals surface area contributed by atoms with Gasteiger partial charge in [-0.25, -0.2) is 4.39 Å². The SMILES string of the molecule is Cc1cc(Cl)c(CN(C)C(C)CN)cc1F. The Morgan fingerprint density at radius 1 is 1.50 bits per heavy atom. The van der Waals surface area contributed by atoms with Gasteiger partial charge in [0.1, 0.15) is 5.82 Å². The van der Waals surface area contributed by atoms with Crippen LogP contribution in [0.4, 0.5) is 4.39 Å². The van der Waals surface area contributed by atoms with Crippen LogP contribution in [-0.4, -0.2) is 24.5 Å². The molecule has 0 aliphatic carbocycles. The molecule has 0 radical (unpaired) electrons. The molecule has 1 atom stereocenters. The fourth-order valence-corrected chi connectivity index (χ4v) is 1.69. The maximum atomic E-state index is 13.4. The van der Waals surface area contributed by atoms with Crippen LogP contribution >= 0.6 is 11.6 Å². The van der Waals surface area contributed by atoms with E-state index in [-0.39, 0.29) is 11.9 Å². The summed E-state index contributed by atoms with van der Waals surface area (Å²) in [6.45, 7) is 4.91. The molecule has 1 aromatic carbocycles. The van der Waals surface area contributed by atoms with Crippen LogP contribution in [-0.2, 0) is 6.54 Å². The van der Waals surface area contributed by atoms with Gasteiger partial charge in [0.05, 0.1) is 0 Å². The van der Waals surface area contributed by atoms with Crippen molar-refractivity contribution in [3.8, 4) is 0 Å². The molecule has 0 bridgehead atoms. The molecule has 0 aliphatic rings. The van der Waals surface area contributed by atoms with Crippen molar-refractivity contribution in [2.45, 2.75) is 26.4 Å². The van der Waals surface area contributed by atoms with Crippen molar-refractivity contribution >= 4 is 11.6 Å². The Balaban J connectivity index is 2.85. The lowest BCUT2D eigenvalue weighted by Gasteiger charge is -2.23. The maximum absolute atomic E-state index is 13.4. The van der Waals surface area contributed by atoms with E-state index >= 15 is 0 Å². The second kappa shape index (κ2) is 5.62. The summed E-state index contributed by atoms with van der Waals surface area (Å²) in [5, 5.41) is 0.606. The third kappa shape index (κ3) is 3.17. The van der Waals surface area contributed by atoms with Gasteiger partial charge in [-0.15, -0.1) is 0 Å². The van der Waals surface area contributed by atoms with Crippen LogP contribution in [0.25, 0.3) is 0 Å². The third-order valence-electron chi connectivity index (χ3n) is 2.84. The minimum atomic E-state index is -0.215. The first-order valence-electron chi connectivity index (χ1n) is 5.30. The molecule has 0 aromatic heterocycles. The van der Waals surface area contributed by atoms with Crippen LogP contribution in [0.5, 0.6) is 0 Å². The van der Waals surface area contributed by atoms with Gasteiger partial charge in [0.25, 0.3) is 0 Å². The van der Waals surface area contributed by atoms with Crippen molar-refractivity contribution in [1.29, 1.82) is 0 Å². The summed E-state index contributed by atoms with van der Waals surface area (Å²) in [6, 6.07) is 3.41. The maximum Gasteiger partial charge on any atom is 0.126 e. The number of hydrogen-bond donors (Lipinski definition) is 1. The van der Waals surface area contributed by atoms with E-state index in [1.165, 1.54) is 6.07 Å². The molecule has 0 amide bonds. The molecule has 0 fully saturated rings. The second-order valence-electron chi connectivity index (χ2n) is 4.19. The summed E-state index contributed by atoms with van der Waals surface area (Å²) in [5.74, 6) is -0.215. The quantitative estimate of drug-likeness (QED) is 0.882. The summed E-state index contributed by atoms with van der Waals surface area (Å²) in [6.07, 6.45) is 0. The Hall–Kier alpha value is -0.640. The monoisotopic (exact) mass is 244 g/mol.